The molecule has 2 aliphatic rings. The standard InChI is InChI=1S/C28H29FN6O/c1-18-4-2-14-34(18)15-3-13-30-26-27-31-17-25(35(27)24-16-21(29)9-12-23(24)33-26)19-5-7-20(8-6-19)28(36)32-22-10-11-22/h5-9,12,16-17,22H,1-4,10-11,13-15H2,(H,30,33)(H,32,36). The third-order valence-electron chi connectivity index (χ3n) is 6.98. The van der Waals surface area contributed by atoms with Gasteiger partial charge < -0.3 is 15.5 Å². The highest BCUT2D eigenvalue weighted by Gasteiger charge is 2.24. The summed E-state index contributed by atoms with van der Waals surface area (Å²) in [6, 6.07) is 12.4. The van der Waals surface area contributed by atoms with Crippen molar-refractivity contribution in [1.29, 1.82) is 0 Å². The second kappa shape index (κ2) is 9.26. The number of amides is 1. The Kier molecular flexibility index (Phi) is 5.79. The predicted octanol–water partition coefficient (Wildman–Crippen LogP) is 4.99. The van der Waals surface area contributed by atoms with Gasteiger partial charge in [0.05, 0.1) is 22.9 Å². The Balaban J connectivity index is 1.30. The molecule has 7 nitrogen and oxygen atoms in total. The molecule has 2 fully saturated rings. The van der Waals surface area contributed by atoms with Crippen LogP contribution in [0.15, 0.2) is 60.9 Å². The van der Waals surface area contributed by atoms with Crippen LogP contribution >= 0.6 is 0 Å². The molecule has 1 amide bonds. The average Bonchev–Trinajstić information content (AvgIpc) is 3.42. The summed E-state index contributed by atoms with van der Waals surface area (Å²) in [5, 5.41) is 6.46. The van der Waals surface area contributed by atoms with Gasteiger partial charge in [-0.25, -0.2) is 14.4 Å². The summed E-state index contributed by atoms with van der Waals surface area (Å²) in [6.45, 7) is 6.92. The summed E-state index contributed by atoms with van der Waals surface area (Å²) < 4.78 is 16.2. The topological polar surface area (TPSA) is 74.6 Å². The van der Waals surface area contributed by atoms with E-state index in [9.17, 15) is 9.18 Å². The number of aromatic nitrogens is 3. The summed E-state index contributed by atoms with van der Waals surface area (Å²) in [5.74, 6) is 0.285. The number of nitrogens with one attached hydrogen (secondary N) is 2. The molecule has 2 aromatic carbocycles. The zero-order valence-corrected chi connectivity index (χ0v) is 20.1. The van der Waals surface area contributed by atoms with Crippen LogP contribution in [0.4, 0.5) is 10.2 Å². The highest BCUT2D eigenvalue weighted by molar-refractivity contribution is 5.95. The van der Waals surface area contributed by atoms with Crippen molar-refractivity contribution in [3.8, 4) is 11.3 Å². The highest BCUT2D eigenvalue weighted by atomic mass is 19.1. The fourth-order valence-electron chi connectivity index (χ4n) is 4.85. The SMILES string of the molecule is C=C1CCCN1CCCNc1nc2ccc(F)cc2n2c(-c3ccc(C(=O)NC4CC4)cc3)cnc12. The molecule has 0 bridgehead atoms. The van der Waals surface area contributed by atoms with Crippen LogP contribution in [0.1, 0.15) is 42.5 Å². The van der Waals surface area contributed by atoms with Crippen molar-refractivity contribution in [2.24, 2.45) is 0 Å². The molecule has 0 atom stereocenters. The van der Waals surface area contributed by atoms with Gasteiger partial charge in [-0.15, -0.1) is 0 Å². The van der Waals surface area contributed by atoms with Gasteiger partial charge in [-0.2, -0.15) is 0 Å². The number of anilines is 1. The Bertz CT molecular complexity index is 1460. The number of carbonyl (C=O) groups excluding carboxylic acids is 1. The van der Waals surface area contributed by atoms with Crippen LogP contribution in [-0.4, -0.2) is 50.9 Å². The molecule has 36 heavy (non-hydrogen) atoms. The summed E-state index contributed by atoms with van der Waals surface area (Å²) in [4.78, 5) is 24.2. The molecule has 4 aromatic rings. The molecule has 6 rings (SSSR count). The minimum atomic E-state index is -0.330. The maximum absolute atomic E-state index is 14.3. The van der Waals surface area contributed by atoms with Crippen molar-refractivity contribution in [1.82, 2.24) is 24.6 Å². The number of benzene rings is 2. The number of carbonyl (C=O) groups is 1. The van der Waals surface area contributed by atoms with E-state index in [0.29, 0.717) is 34.1 Å². The molecular formula is C28H29FN6O. The van der Waals surface area contributed by atoms with Crippen LogP contribution in [0.2, 0.25) is 0 Å². The van der Waals surface area contributed by atoms with Gasteiger partial charge >= 0.3 is 0 Å². The number of halogens is 1. The van der Waals surface area contributed by atoms with E-state index in [1.807, 2.05) is 28.7 Å². The van der Waals surface area contributed by atoms with E-state index in [1.54, 1.807) is 12.3 Å². The molecule has 1 aliphatic carbocycles. The zero-order chi connectivity index (χ0) is 24.6. The quantitative estimate of drug-likeness (QED) is 0.345. The third-order valence-corrected chi connectivity index (χ3v) is 6.98. The maximum atomic E-state index is 14.3. The summed E-state index contributed by atoms with van der Waals surface area (Å²) in [5.41, 5.74) is 5.52. The Morgan fingerprint density at radius 1 is 1.17 bits per heavy atom. The number of hydrogen-bond donors (Lipinski definition) is 2. The molecule has 1 saturated carbocycles. The molecule has 2 aromatic heterocycles. The lowest BCUT2D eigenvalue weighted by atomic mass is 10.1. The van der Waals surface area contributed by atoms with E-state index in [0.717, 1.165) is 56.6 Å². The van der Waals surface area contributed by atoms with E-state index in [4.69, 9.17) is 4.98 Å². The molecule has 0 unspecified atom stereocenters. The van der Waals surface area contributed by atoms with Crippen molar-refractivity contribution >= 4 is 28.4 Å². The summed E-state index contributed by atoms with van der Waals surface area (Å²) in [6.07, 6.45) is 7.09. The fraction of sp³-hybridized carbons (Fsp3) is 0.321. The second-order valence-electron chi connectivity index (χ2n) is 9.66. The van der Waals surface area contributed by atoms with Gasteiger partial charge in [0.25, 0.3) is 5.91 Å². The minimum absolute atomic E-state index is 0.0529. The van der Waals surface area contributed by atoms with Crippen LogP contribution in [0.25, 0.3) is 27.9 Å². The molecule has 184 valence electrons. The van der Waals surface area contributed by atoms with Crippen LogP contribution in [0.5, 0.6) is 0 Å². The number of likely N-dealkylation sites (tertiary alicyclic amines) is 1. The number of imidazole rings is 1. The number of nitrogens with zero attached hydrogens (tertiary/aromatic N) is 4. The monoisotopic (exact) mass is 484 g/mol. The van der Waals surface area contributed by atoms with E-state index in [2.05, 4.69) is 27.1 Å². The lowest BCUT2D eigenvalue weighted by Gasteiger charge is -2.19. The van der Waals surface area contributed by atoms with Crippen LogP contribution < -0.4 is 10.6 Å². The number of hydrogen-bond acceptors (Lipinski definition) is 5. The van der Waals surface area contributed by atoms with Gasteiger partial charge in [0.2, 0.25) is 0 Å². The normalized spacial score (nSPS) is 15.7. The molecule has 1 aliphatic heterocycles. The molecule has 0 spiro atoms. The summed E-state index contributed by atoms with van der Waals surface area (Å²) >= 11 is 0. The number of rotatable bonds is 8. The Morgan fingerprint density at radius 2 is 2.00 bits per heavy atom. The smallest absolute Gasteiger partial charge is 0.251 e. The number of allylic oxidation sites excluding steroid dienone is 1. The zero-order valence-electron chi connectivity index (χ0n) is 20.1. The van der Waals surface area contributed by atoms with E-state index in [-0.39, 0.29) is 11.7 Å². The van der Waals surface area contributed by atoms with Gasteiger partial charge in [-0.3, -0.25) is 9.20 Å². The second-order valence-corrected chi connectivity index (χ2v) is 9.66. The van der Waals surface area contributed by atoms with Crippen molar-refractivity contribution in [3.63, 3.8) is 0 Å². The Labute approximate surface area is 209 Å². The molecule has 3 heterocycles. The predicted molar refractivity (Wildman–Crippen MR) is 139 cm³/mol. The Hall–Kier alpha value is -3.94. The van der Waals surface area contributed by atoms with E-state index >= 15 is 0 Å². The van der Waals surface area contributed by atoms with Crippen molar-refractivity contribution < 1.29 is 9.18 Å². The largest absolute Gasteiger partial charge is 0.375 e. The average molecular weight is 485 g/mol. The molecular weight excluding hydrogens is 455 g/mol. The lowest BCUT2D eigenvalue weighted by Crippen LogP contribution is -2.25. The maximum Gasteiger partial charge on any atom is 0.251 e. The fourth-order valence-corrected chi connectivity index (χ4v) is 4.85. The first-order valence-electron chi connectivity index (χ1n) is 12.6. The van der Waals surface area contributed by atoms with Crippen molar-refractivity contribution in [2.75, 3.05) is 25.0 Å². The van der Waals surface area contributed by atoms with Crippen LogP contribution in [-0.2, 0) is 0 Å². The van der Waals surface area contributed by atoms with Crippen molar-refractivity contribution in [2.45, 2.75) is 38.1 Å². The van der Waals surface area contributed by atoms with Gasteiger partial charge in [0.1, 0.15) is 5.82 Å². The van der Waals surface area contributed by atoms with Gasteiger partial charge in [-0.1, -0.05) is 18.7 Å². The first-order valence-corrected chi connectivity index (χ1v) is 12.6. The highest BCUT2D eigenvalue weighted by Crippen LogP contribution is 2.29. The summed E-state index contributed by atoms with van der Waals surface area (Å²) in [7, 11) is 0. The molecule has 0 radical (unpaired) electrons. The first kappa shape index (κ1) is 22.5. The number of fused-ring (bicyclic) bond motifs is 3. The minimum Gasteiger partial charge on any atom is -0.375 e. The van der Waals surface area contributed by atoms with Gasteiger partial charge in [-0.05, 0) is 56.4 Å². The lowest BCUT2D eigenvalue weighted by molar-refractivity contribution is 0.0951. The van der Waals surface area contributed by atoms with E-state index < -0.39 is 0 Å². The van der Waals surface area contributed by atoms with Gasteiger partial charge in [0, 0.05) is 48.6 Å². The molecule has 1 saturated heterocycles. The van der Waals surface area contributed by atoms with Crippen LogP contribution in [0, 0.1) is 5.82 Å². The molecule has 2 N–H and O–H groups in total. The molecule has 8 heteroatoms. The van der Waals surface area contributed by atoms with Gasteiger partial charge in [0.15, 0.2) is 11.5 Å². The third kappa shape index (κ3) is 4.39. The van der Waals surface area contributed by atoms with E-state index in [1.165, 1.54) is 24.3 Å². The first-order chi connectivity index (χ1) is 17.6. The van der Waals surface area contributed by atoms with Crippen molar-refractivity contribution in [3.05, 3.63) is 72.3 Å². The Morgan fingerprint density at radius 3 is 2.75 bits per heavy atom. The van der Waals surface area contributed by atoms with Crippen LogP contribution in [0.3, 0.4) is 0 Å².